The average Bonchev–Trinajstić information content (AvgIpc) is 2.89. The van der Waals surface area contributed by atoms with Crippen LogP contribution < -0.4 is 4.90 Å². The van der Waals surface area contributed by atoms with Gasteiger partial charge >= 0.3 is 6.18 Å². The van der Waals surface area contributed by atoms with Gasteiger partial charge in [0.15, 0.2) is 0 Å². The van der Waals surface area contributed by atoms with Gasteiger partial charge in [0.2, 0.25) is 0 Å². The Kier molecular flexibility index (Phi) is 5.00. The number of aliphatic imine (C=N–C) groups is 1. The first-order valence-electron chi connectivity index (χ1n) is 8.12. The quantitative estimate of drug-likeness (QED) is 0.886. The fraction of sp³-hybridized carbons (Fsp3) is 0.611. The summed E-state index contributed by atoms with van der Waals surface area (Å²) in [6.07, 6.45) is -5.14. The van der Waals surface area contributed by atoms with Crippen LogP contribution in [-0.4, -0.2) is 29.6 Å². The van der Waals surface area contributed by atoms with Crippen LogP contribution in [0.25, 0.3) is 0 Å². The molecule has 134 valence electrons. The van der Waals surface area contributed by atoms with Gasteiger partial charge in [-0.1, -0.05) is 34.6 Å². The van der Waals surface area contributed by atoms with E-state index in [0.29, 0.717) is 18.1 Å². The molecule has 0 amide bonds. The highest BCUT2D eigenvalue weighted by Gasteiger charge is 2.37. The van der Waals surface area contributed by atoms with Crippen molar-refractivity contribution in [3.8, 4) is 0 Å². The molecular weight excluding hydrogens is 317 g/mol. The molecule has 0 aliphatic carbocycles. The highest BCUT2D eigenvalue weighted by atomic mass is 19.4. The van der Waals surface area contributed by atoms with Crippen LogP contribution in [0.15, 0.2) is 29.3 Å². The zero-order valence-electron chi connectivity index (χ0n) is 14.7. The van der Waals surface area contributed by atoms with Crippen molar-refractivity contribution in [3.63, 3.8) is 0 Å². The van der Waals surface area contributed by atoms with Crippen molar-refractivity contribution < 1.29 is 18.3 Å². The molecular formula is C18H25F3N2O. The van der Waals surface area contributed by atoms with Crippen LogP contribution in [0.2, 0.25) is 0 Å². The third-order valence-electron chi connectivity index (χ3n) is 4.29. The maximum atomic E-state index is 12.7. The lowest BCUT2D eigenvalue weighted by Gasteiger charge is -2.31. The molecule has 0 saturated carbocycles. The zero-order valence-corrected chi connectivity index (χ0v) is 14.7. The first kappa shape index (κ1) is 18.8. The monoisotopic (exact) mass is 342 g/mol. The SMILES string of the molecule is CC(C)[C@H]1CN(c2ccc(C(F)(F)F)cc2)C([C@H](O)C(C)(C)C)=N1. The van der Waals surface area contributed by atoms with E-state index in [-0.39, 0.29) is 12.0 Å². The average molecular weight is 342 g/mol. The maximum Gasteiger partial charge on any atom is 0.416 e. The van der Waals surface area contributed by atoms with Crippen LogP contribution in [0.4, 0.5) is 18.9 Å². The molecule has 24 heavy (non-hydrogen) atoms. The van der Waals surface area contributed by atoms with Crippen LogP contribution in [-0.2, 0) is 6.18 Å². The summed E-state index contributed by atoms with van der Waals surface area (Å²) in [6.45, 7) is 10.4. The molecule has 0 spiro atoms. The van der Waals surface area contributed by atoms with E-state index >= 15 is 0 Å². The van der Waals surface area contributed by atoms with Gasteiger partial charge in [0, 0.05) is 12.2 Å². The Morgan fingerprint density at radius 1 is 1.12 bits per heavy atom. The summed E-state index contributed by atoms with van der Waals surface area (Å²) in [5.74, 6) is 0.813. The molecule has 3 nitrogen and oxygen atoms in total. The van der Waals surface area contributed by atoms with Gasteiger partial charge in [0.05, 0.1) is 11.6 Å². The van der Waals surface area contributed by atoms with Crippen molar-refractivity contribution in [2.75, 3.05) is 11.4 Å². The molecule has 1 heterocycles. The molecule has 0 aromatic heterocycles. The summed E-state index contributed by atoms with van der Waals surface area (Å²) in [7, 11) is 0. The van der Waals surface area contributed by atoms with E-state index in [9.17, 15) is 18.3 Å². The molecule has 1 aliphatic heterocycles. The Bertz CT molecular complexity index is 600. The predicted molar refractivity (Wildman–Crippen MR) is 90.3 cm³/mol. The van der Waals surface area contributed by atoms with Gasteiger partial charge in [0.25, 0.3) is 0 Å². The van der Waals surface area contributed by atoms with Crippen molar-refractivity contribution >= 4 is 11.5 Å². The minimum absolute atomic E-state index is 0.0132. The van der Waals surface area contributed by atoms with Gasteiger partial charge in [-0.05, 0) is 35.6 Å². The summed E-state index contributed by atoms with van der Waals surface area (Å²) >= 11 is 0. The second-order valence-corrected chi connectivity index (χ2v) is 7.72. The van der Waals surface area contributed by atoms with E-state index in [1.54, 1.807) is 0 Å². The van der Waals surface area contributed by atoms with Crippen molar-refractivity contribution in [2.24, 2.45) is 16.3 Å². The third-order valence-corrected chi connectivity index (χ3v) is 4.29. The Labute approximate surface area is 141 Å². The Balaban J connectivity index is 2.35. The van der Waals surface area contributed by atoms with Crippen LogP contribution in [0.5, 0.6) is 0 Å². The lowest BCUT2D eigenvalue weighted by atomic mass is 9.88. The van der Waals surface area contributed by atoms with Gasteiger partial charge in [-0.15, -0.1) is 0 Å². The van der Waals surface area contributed by atoms with Gasteiger partial charge in [-0.3, -0.25) is 4.99 Å². The van der Waals surface area contributed by atoms with E-state index in [2.05, 4.69) is 4.99 Å². The Hall–Kier alpha value is -1.56. The van der Waals surface area contributed by atoms with Crippen LogP contribution in [0.3, 0.4) is 0 Å². The molecule has 2 atom stereocenters. The number of hydrogen-bond donors (Lipinski definition) is 1. The first-order chi connectivity index (χ1) is 10.9. The number of rotatable bonds is 3. The molecule has 0 saturated heterocycles. The van der Waals surface area contributed by atoms with Crippen molar-refractivity contribution in [1.29, 1.82) is 0 Å². The van der Waals surface area contributed by atoms with E-state index < -0.39 is 23.3 Å². The van der Waals surface area contributed by atoms with Gasteiger partial charge < -0.3 is 10.0 Å². The number of nitrogens with zero attached hydrogens (tertiary/aromatic N) is 2. The predicted octanol–water partition coefficient (Wildman–Crippen LogP) is 4.36. The maximum absolute atomic E-state index is 12.7. The van der Waals surface area contributed by atoms with Crippen molar-refractivity contribution in [2.45, 2.75) is 52.9 Å². The number of alkyl halides is 3. The van der Waals surface area contributed by atoms with E-state index in [1.165, 1.54) is 12.1 Å². The van der Waals surface area contributed by atoms with E-state index in [0.717, 1.165) is 12.1 Å². The minimum Gasteiger partial charge on any atom is -0.385 e. The number of benzene rings is 1. The molecule has 1 N–H and O–H groups in total. The molecule has 1 aliphatic rings. The molecule has 1 aromatic rings. The molecule has 1 aromatic carbocycles. The van der Waals surface area contributed by atoms with Crippen molar-refractivity contribution in [3.05, 3.63) is 29.8 Å². The summed E-state index contributed by atoms with van der Waals surface area (Å²) in [5.41, 5.74) is -0.469. The normalized spacial score (nSPS) is 20.5. The molecule has 0 radical (unpaired) electrons. The molecule has 0 fully saturated rings. The van der Waals surface area contributed by atoms with Gasteiger partial charge in [-0.25, -0.2) is 0 Å². The zero-order chi connectivity index (χ0) is 18.3. The number of aliphatic hydroxyl groups is 1. The summed E-state index contributed by atoms with van der Waals surface area (Å²) < 4.78 is 38.2. The highest BCUT2D eigenvalue weighted by Crippen LogP contribution is 2.33. The summed E-state index contributed by atoms with van der Waals surface area (Å²) in [5, 5.41) is 10.6. The smallest absolute Gasteiger partial charge is 0.385 e. The molecule has 0 bridgehead atoms. The first-order valence-corrected chi connectivity index (χ1v) is 8.12. The Morgan fingerprint density at radius 3 is 2.08 bits per heavy atom. The minimum atomic E-state index is -4.36. The lowest BCUT2D eigenvalue weighted by molar-refractivity contribution is -0.137. The fourth-order valence-electron chi connectivity index (χ4n) is 2.59. The lowest BCUT2D eigenvalue weighted by Crippen LogP contribution is -2.43. The van der Waals surface area contributed by atoms with E-state index in [1.807, 2.05) is 39.5 Å². The van der Waals surface area contributed by atoms with Crippen LogP contribution >= 0.6 is 0 Å². The molecule has 0 unspecified atom stereocenters. The number of anilines is 1. The largest absolute Gasteiger partial charge is 0.416 e. The fourth-order valence-corrected chi connectivity index (χ4v) is 2.59. The topological polar surface area (TPSA) is 35.8 Å². The molecule has 2 rings (SSSR count). The van der Waals surface area contributed by atoms with Gasteiger partial charge in [0.1, 0.15) is 11.9 Å². The number of aliphatic hydroxyl groups excluding tert-OH is 1. The van der Waals surface area contributed by atoms with Crippen molar-refractivity contribution in [1.82, 2.24) is 0 Å². The van der Waals surface area contributed by atoms with Gasteiger partial charge in [-0.2, -0.15) is 13.2 Å². The Morgan fingerprint density at radius 2 is 1.67 bits per heavy atom. The summed E-state index contributed by atoms with van der Waals surface area (Å²) in [6, 6.07) is 5.03. The standard InChI is InChI=1S/C18H25F3N2O/c1-11(2)14-10-23(16(22-14)15(24)17(3,4)5)13-8-6-12(7-9-13)18(19,20)21/h6-9,11,14-15,24H,10H2,1-5H3/t14-,15+/m1/s1. The third kappa shape index (κ3) is 3.91. The summed E-state index contributed by atoms with van der Waals surface area (Å²) in [4.78, 5) is 6.49. The highest BCUT2D eigenvalue weighted by molar-refractivity contribution is 6.03. The number of hydrogen-bond acceptors (Lipinski definition) is 3. The number of amidine groups is 1. The second kappa shape index (κ2) is 6.39. The molecule has 6 heteroatoms. The number of halogens is 3. The van der Waals surface area contributed by atoms with Crippen LogP contribution in [0, 0.1) is 11.3 Å². The van der Waals surface area contributed by atoms with E-state index in [4.69, 9.17) is 0 Å². The second-order valence-electron chi connectivity index (χ2n) is 7.72. The van der Waals surface area contributed by atoms with Crippen LogP contribution in [0.1, 0.15) is 40.2 Å².